The van der Waals surface area contributed by atoms with Crippen LogP contribution in [0.4, 0.5) is 0 Å². The van der Waals surface area contributed by atoms with Gasteiger partial charge in [-0.2, -0.15) is 0 Å². The molecule has 3 rings (SSSR count). The van der Waals surface area contributed by atoms with Crippen LogP contribution in [-0.4, -0.2) is 29.9 Å². The predicted molar refractivity (Wildman–Crippen MR) is 119 cm³/mol. The van der Waals surface area contributed by atoms with Gasteiger partial charge in [0.05, 0.1) is 6.54 Å². The van der Waals surface area contributed by atoms with E-state index in [0.29, 0.717) is 19.5 Å². The van der Waals surface area contributed by atoms with E-state index in [1.807, 2.05) is 4.90 Å². The molecule has 0 bridgehead atoms. The number of nitrogens with zero attached hydrogens (tertiary/aromatic N) is 2. The van der Waals surface area contributed by atoms with E-state index in [4.69, 9.17) is 4.99 Å². The Hall–Kier alpha value is -2.82. The molecule has 0 atom stereocenters. The van der Waals surface area contributed by atoms with Gasteiger partial charge >= 0.3 is 0 Å². The lowest BCUT2D eigenvalue weighted by atomic mass is 10.1. The Balaban J connectivity index is 1.62. The first-order chi connectivity index (χ1) is 14.2. The molecule has 1 amide bonds. The molecule has 2 aromatic carbocycles. The summed E-state index contributed by atoms with van der Waals surface area (Å²) in [5.74, 6) is 1.08. The number of carbonyl (C=O) groups is 1. The van der Waals surface area contributed by atoms with E-state index in [-0.39, 0.29) is 5.91 Å². The number of aliphatic imine (C=N–C) groups is 1. The minimum atomic E-state index is 0.263. The maximum Gasteiger partial charge on any atom is 0.222 e. The number of hydrogen-bond acceptors (Lipinski definition) is 2. The molecule has 0 spiro atoms. The largest absolute Gasteiger partial charge is 0.357 e. The molecular weight excluding hydrogens is 360 g/mol. The smallest absolute Gasteiger partial charge is 0.222 e. The molecule has 0 saturated carbocycles. The van der Waals surface area contributed by atoms with Gasteiger partial charge in [-0.3, -0.25) is 4.79 Å². The molecule has 1 saturated heterocycles. The molecule has 154 valence electrons. The van der Waals surface area contributed by atoms with Gasteiger partial charge in [-0.05, 0) is 42.0 Å². The van der Waals surface area contributed by atoms with Crippen molar-refractivity contribution >= 4 is 11.9 Å². The van der Waals surface area contributed by atoms with Gasteiger partial charge in [0.15, 0.2) is 5.96 Å². The summed E-state index contributed by atoms with van der Waals surface area (Å²) >= 11 is 0. The summed E-state index contributed by atoms with van der Waals surface area (Å²) in [6.45, 7) is 8.00. The number of carbonyl (C=O) groups excluding carboxylic acids is 1. The third kappa shape index (κ3) is 6.08. The van der Waals surface area contributed by atoms with Crippen LogP contribution in [0.15, 0.2) is 53.5 Å². The van der Waals surface area contributed by atoms with Crippen LogP contribution >= 0.6 is 0 Å². The van der Waals surface area contributed by atoms with Crippen LogP contribution in [0.2, 0.25) is 0 Å². The number of amides is 1. The average molecular weight is 393 g/mol. The van der Waals surface area contributed by atoms with E-state index in [1.54, 1.807) is 0 Å². The maximum absolute atomic E-state index is 11.9. The highest BCUT2D eigenvalue weighted by Gasteiger charge is 2.19. The topological polar surface area (TPSA) is 56.7 Å². The molecule has 0 radical (unpaired) electrons. The van der Waals surface area contributed by atoms with Crippen LogP contribution < -0.4 is 10.6 Å². The summed E-state index contributed by atoms with van der Waals surface area (Å²) in [6, 6.07) is 16.9. The highest BCUT2D eigenvalue weighted by atomic mass is 16.2. The van der Waals surface area contributed by atoms with Crippen molar-refractivity contribution in [1.82, 2.24) is 15.5 Å². The molecule has 1 fully saturated rings. The molecule has 29 heavy (non-hydrogen) atoms. The summed E-state index contributed by atoms with van der Waals surface area (Å²) in [7, 11) is 0. The normalized spacial score (nSPS) is 14.3. The van der Waals surface area contributed by atoms with Gasteiger partial charge in [0.25, 0.3) is 0 Å². The summed E-state index contributed by atoms with van der Waals surface area (Å²) in [5.41, 5.74) is 4.99. The van der Waals surface area contributed by atoms with Crippen LogP contribution in [0.5, 0.6) is 0 Å². The number of hydrogen-bond donors (Lipinski definition) is 2. The predicted octanol–water partition coefficient (Wildman–Crippen LogP) is 3.63. The maximum atomic E-state index is 11.9. The molecule has 1 heterocycles. The standard InChI is InChI=1S/C24H32N4O/c1-3-21-11-5-6-12-22(21)17-27-24(25-4-2)26-16-19-9-7-10-20(15-19)18-28-14-8-13-23(28)29/h5-7,9-12,15H,3-4,8,13-14,16-18H2,1-2H3,(H2,25,26,27). The van der Waals surface area contributed by atoms with Crippen molar-refractivity contribution in [3.63, 3.8) is 0 Å². The zero-order valence-electron chi connectivity index (χ0n) is 17.6. The van der Waals surface area contributed by atoms with Crippen LogP contribution in [0.25, 0.3) is 0 Å². The van der Waals surface area contributed by atoms with Crippen molar-refractivity contribution in [1.29, 1.82) is 0 Å². The highest BCUT2D eigenvalue weighted by Crippen LogP contribution is 2.15. The van der Waals surface area contributed by atoms with E-state index < -0.39 is 0 Å². The van der Waals surface area contributed by atoms with E-state index >= 15 is 0 Å². The van der Waals surface area contributed by atoms with Gasteiger partial charge in [-0.1, -0.05) is 55.5 Å². The van der Waals surface area contributed by atoms with E-state index in [9.17, 15) is 4.79 Å². The Labute approximate surface area is 174 Å². The third-order valence-electron chi connectivity index (χ3n) is 5.25. The number of nitrogens with one attached hydrogen (secondary N) is 2. The number of likely N-dealkylation sites (tertiary alicyclic amines) is 1. The van der Waals surface area contributed by atoms with Crippen LogP contribution in [0, 0.1) is 0 Å². The quantitative estimate of drug-likeness (QED) is 0.533. The molecule has 5 heteroatoms. The number of aryl methyl sites for hydroxylation is 1. The zero-order valence-corrected chi connectivity index (χ0v) is 17.6. The average Bonchev–Trinajstić information content (AvgIpc) is 3.15. The van der Waals surface area contributed by atoms with Gasteiger partial charge in [0.2, 0.25) is 5.91 Å². The first-order valence-corrected chi connectivity index (χ1v) is 10.6. The Kier molecular flexibility index (Phi) is 7.68. The third-order valence-corrected chi connectivity index (χ3v) is 5.25. The van der Waals surface area contributed by atoms with Crippen molar-refractivity contribution < 1.29 is 4.79 Å². The van der Waals surface area contributed by atoms with Gasteiger partial charge in [0.1, 0.15) is 0 Å². The van der Waals surface area contributed by atoms with Crippen molar-refractivity contribution in [2.45, 2.75) is 52.7 Å². The lowest BCUT2D eigenvalue weighted by Crippen LogP contribution is -2.37. The van der Waals surface area contributed by atoms with Crippen LogP contribution in [0.3, 0.4) is 0 Å². The number of guanidine groups is 1. The van der Waals surface area contributed by atoms with Gasteiger partial charge in [-0.25, -0.2) is 4.99 Å². The Morgan fingerprint density at radius 2 is 1.83 bits per heavy atom. The molecule has 5 nitrogen and oxygen atoms in total. The Morgan fingerprint density at radius 3 is 2.55 bits per heavy atom. The highest BCUT2D eigenvalue weighted by molar-refractivity contribution is 5.79. The molecular formula is C24H32N4O. The summed E-state index contributed by atoms with van der Waals surface area (Å²) in [5, 5.41) is 6.77. The van der Waals surface area contributed by atoms with Crippen LogP contribution in [-0.2, 0) is 30.8 Å². The fourth-order valence-corrected chi connectivity index (χ4v) is 3.68. The molecule has 0 aliphatic carbocycles. The van der Waals surface area contributed by atoms with Crippen molar-refractivity contribution in [2.24, 2.45) is 4.99 Å². The molecule has 0 aromatic heterocycles. The van der Waals surface area contributed by atoms with Crippen molar-refractivity contribution in [3.8, 4) is 0 Å². The van der Waals surface area contributed by atoms with Crippen molar-refractivity contribution in [3.05, 3.63) is 70.8 Å². The van der Waals surface area contributed by atoms with E-state index in [0.717, 1.165) is 44.0 Å². The number of rotatable bonds is 8. The lowest BCUT2D eigenvalue weighted by Gasteiger charge is -2.16. The second kappa shape index (κ2) is 10.6. The molecule has 1 aliphatic rings. The Bertz CT molecular complexity index is 846. The minimum absolute atomic E-state index is 0.263. The molecule has 2 aromatic rings. The molecule has 1 aliphatic heterocycles. The summed E-state index contributed by atoms with van der Waals surface area (Å²) < 4.78 is 0. The van der Waals surface area contributed by atoms with Crippen LogP contribution in [0.1, 0.15) is 48.9 Å². The minimum Gasteiger partial charge on any atom is -0.357 e. The first kappa shape index (κ1) is 20.9. The molecule has 2 N–H and O–H groups in total. The lowest BCUT2D eigenvalue weighted by molar-refractivity contribution is -0.128. The SMILES string of the molecule is CCNC(=NCc1cccc(CN2CCCC2=O)c1)NCc1ccccc1CC. The monoisotopic (exact) mass is 392 g/mol. The number of benzene rings is 2. The Morgan fingerprint density at radius 1 is 1.03 bits per heavy atom. The van der Waals surface area contributed by atoms with E-state index in [1.165, 1.54) is 16.7 Å². The van der Waals surface area contributed by atoms with Crippen molar-refractivity contribution in [2.75, 3.05) is 13.1 Å². The van der Waals surface area contributed by atoms with Gasteiger partial charge < -0.3 is 15.5 Å². The summed E-state index contributed by atoms with van der Waals surface area (Å²) in [6.07, 6.45) is 2.68. The zero-order chi connectivity index (χ0) is 20.5. The van der Waals surface area contributed by atoms with E-state index in [2.05, 4.69) is 73.0 Å². The fraction of sp³-hybridized carbons (Fsp3) is 0.417. The van der Waals surface area contributed by atoms with Gasteiger partial charge in [-0.15, -0.1) is 0 Å². The summed E-state index contributed by atoms with van der Waals surface area (Å²) in [4.78, 5) is 18.6. The first-order valence-electron chi connectivity index (χ1n) is 10.6. The second-order valence-corrected chi connectivity index (χ2v) is 7.41. The second-order valence-electron chi connectivity index (χ2n) is 7.41. The van der Waals surface area contributed by atoms with Gasteiger partial charge in [0, 0.05) is 32.6 Å². The molecule has 0 unspecified atom stereocenters. The fourth-order valence-electron chi connectivity index (χ4n) is 3.68.